The Hall–Kier alpha value is -0.120. The minimum atomic E-state index is 0.542. The summed E-state index contributed by atoms with van der Waals surface area (Å²) in [5.41, 5.74) is 1.20. The SMILES string of the molecule is C1CC2(CN1)CC2C1CC2(CNC2)CO1. The van der Waals surface area contributed by atoms with Crippen LogP contribution in [0.4, 0.5) is 0 Å². The van der Waals surface area contributed by atoms with Gasteiger partial charge < -0.3 is 15.4 Å². The maximum absolute atomic E-state index is 6.05. The Morgan fingerprint density at radius 1 is 1.07 bits per heavy atom. The zero-order valence-electron chi connectivity index (χ0n) is 9.22. The Morgan fingerprint density at radius 3 is 2.60 bits per heavy atom. The molecule has 3 atom stereocenters. The van der Waals surface area contributed by atoms with Crippen LogP contribution in [0.3, 0.4) is 0 Å². The molecule has 4 aliphatic rings. The second-order valence-electron chi connectivity index (χ2n) is 6.26. The van der Waals surface area contributed by atoms with Gasteiger partial charge in [-0.15, -0.1) is 0 Å². The molecule has 1 aliphatic carbocycles. The average Bonchev–Trinajstić information content (AvgIpc) is 2.63. The first kappa shape index (κ1) is 8.97. The van der Waals surface area contributed by atoms with Gasteiger partial charge in [0, 0.05) is 25.0 Å². The van der Waals surface area contributed by atoms with Crippen molar-refractivity contribution in [3.63, 3.8) is 0 Å². The van der Waals surface area contributed by atoms with Crippen LogP contribution in [0, 0.1) is 16.7 Å². The molecule has 0 amide bonds. The van der Waals surface area contributed by atoms with Crippen molar-refractivity contribution in [2.24, 2.45) is 16.7 Å². The molecule has 2 N–H and O–H groups in total. The lowest BCUT2D eigenvalue weighted by atomic mass is 9.78. The van der Waals surface area contributed by atoms with E-state index in [1.165, 1.54) is 45.4 Å². The molecule has 0 bridgehead atoms. The minimum absolute atomic E-state index is 0.542. The first-order valence-corrected chi connectivity index (χ1v) is 6.35. The monoisotopic (exact) mass is 208 g/mol. The number of hydrogen-bond acceptors (Lipinski definition) is 3. The smallest absolute Gasteiger partial charge is 0.0616 e. The van der Waals surface area contributed by atoms with Crippen LogP contribution in [0.1, 0.15) is 19.3 Å². The van der Waals surface area contributed by atoms with Crippen LogP contribution >= 0.6 is 0 Å². The summed E-state index contributed by atoms with van der Waals surface area (Å²) in [6, 6.07) is 0. The number of hydrogen-bond donors (Lipinski definition) is 2. The van der Waals surface area contributed by atoms with Gasteiger partial charge in [-0.1, -0.05) is 0 Å². The van der Waals surface area contributed by atoms with Crippen molar-refractivity contribution in [1.82, 2.24) is 10.6 Å². The van der Waals surface area contributed by atoms with Crippen LogP contribution in [-0.2, 0) is 4.74 Å². The predicted octanol–water partition coefficient (Wildman–Crippen LogP) is 0.365. The van der Waals surface area contributed by atoms with E-state index >= 15 is 0 Å². The highest BCUT2D eigenvalue weighted by molar-refractivity contribution is 5.12. The average molecular weight is 208 g/mol. The number of nitrogens with one attached hydrogen (secondary N) is 2. The molecule has 3 unspecified atom stereocenters. The molecular weight excluding hydrogens is 188 g/mol. The number of rotatable bonds is 1. The van der Waals surface area contributed by atoms with E-state index < -0.39 is 0 Å². The molecular formula is C12H20N2O. The van der Waals surface area contributed by atoms with E-state index in [9.17, 15) is 0 Å². The van der Waals surface area contributed by atoms with Gasteiger partial charge in [-0.2, -0.15) is 0 Å². The number of ether oxygens (including phenoxy) is 1. The van der Waals surface area contributed by atoms with E-state index in [1.54, 1.807) is 0 Å². The van der Waals surface area contributed by atoms with E-state index in [2.05, 4.69) is 10.6 Å². The zero-order chi connectivity index (χ0) is 9.93. The van der Waals surface area contributed by atoms with Crippen molar-refractivity contribution < 1.29 is 4.74 Å². The third kappa shape index (κ3) is 1.17. The molecule has 3 heterocycles. The van der Waals surface area contributed by atoms with Crippen molar-refractivity contribution in [1.29, 1.82) is 0 Å². The molecule has 3 aliphatic heterocycles. The van der Waals surface area contributed by atoms with Crippen molar-refractivity contribution >= 4 is 0 Å². The van der Waals surface area contributed by atoms with Crippen LogP contribution in [0.25, 0.3) is 0 Å². The van der Waals surface area contributed by atoms with E-state index in [4.69, 9.17) is 4.74 Å². The molecule has 3 nitrogen and oxygen atoms in total. The Labute approximate surface area is 90.9 Å². The van der Waals surface area contributed by atoms with E-state index in [1.807, 2.05) is 0 Å². The fraction of sp³-hybridized carbons (Fsp3) is 1.00. The van der Waals surface area contributed by atoms with Crippen molar-refractivity contribution in [3.05, 3.63) is 0 Å². The first-order valence-electron chi connectivity index (χ1n) is 6.35. The largest absolute Gasteiger partial charge is 0.377 e. The van der Waals surface area contributed by atoms with Gasteiger partial charge in [0.1, 0.15) is 0 Å². The first-order chi connectivity index (χ1) is 7.32. The second-order valence-corrected chi connectivity index (χ2v) is 6.26. The molecule has 84 valence electrons. The third-order valence-electron chi connectivity index (χ3n) is 5.22. The van der Waals surface area contributed by atoms with Crippen molar-refractivity contribution in [2.75, 3.05) is 32.8 Å². The lowest BCUT2D eigenvalue weighted by molar-refractivity contribution is 0.0631. The summed E-state index contributed by atoms with van der Waals surface area (Å²) in [6.45, 7) is 5.90. The topological polar surface area (TPSA) is 33.3 Å². The lowest BCUT2D eigenvalue weighted by Crippen LogP contribution is -2.53. The maximum atomic E-state index is 6.05. The maximum Gasteiger partial charge on any atom is 0.0616 e. The molecule has 4 rings (SSSR count). The lowest BCUT2D eigenvalue weighted by Gasteiger charge is -2.37. The third-order valence-corrected chi connectivity index (χ3v) is 5.22. The van der Waals surface area contributed by atoms with Crippen LogP contribution in [-0.4, -0.2) is 38.9 Å². The molecule has 4 fully saturated rings. The van der Waals surface area contributed by atoms with Crippen LogP contribution in [0.5, 0.6) is 0 Å². The Morgan fingerprint density at radius 2 is 2.00 bits per heavy atom. The normalized spacial score (nSPS) is 51.2. The van der Waals surface area contributed by atoms with Crippen LogP contribution in [0.15, 0.2) is 0 Å². The second kappa shape index (κ2) is 2.76. The van der Waals surface area contributed by atoms with Crippen LogP contribution < -0.4 is 10.6 Å². The molecule has 15 heavy (non-hydrogen) atoms. The zero-order valence-corrected chi connectivity index (χ0v) is 9.22. The van der Waals surface area contributed by atoms with Gasteiger partial charge in [0.15, 0.2) is 0 Å². The predicted molar refractivity (Wildman–Crippen MR) is 57.7 cm³/mol. The summed E-state index contributed by atoms with van der Waals surface area (Å²) in [4.78, 5) is 0. The summed E-state index contributed by atoms with van der Waals surface area (Å²) in [7, 11) is 0. The molecule has 2 spiro atoms. The van der Waals surface area contributed by atoms with Gasteiger partial charge in [-0.05, 0) is 37.1 Å². The molecule has 0 aromatic carbocycles. The highest BCUT2D eigenvalue weighted by Crippen LogP contribution is 2.61. The summed E-state index contributed by atoms with van der Waals surface area (Å²) in [5.74, 6) is 0.882. The van der Waals surface area contributed by atoms with Crippen molar-refractivity contribution in [2.45, 2.75) is 25.4 Å². The molecule has 1 saturated carbocycles. The van der Waals surface area contributed by atoms with Gasteiger partial charge in [0.25, 0.3) is 0 Å². The van der Waals surface area contributed by atoms with Gasteiger partial charge in [-0.3, -0.25) is 0 Å². The standard InChI is InChI=1S/C12H20N2O/c1-2-13-7-12(1)3-9(12)10-4-11(8-15-10)5-14-6-11/h9-10,13-14H,1-8H2. The molecule has 0 aromatic heterocycles. The molecule has 3 heteroatoms. The summed E-state index contributed by atoms with van der Waals surface area (Å²) < 4.78 is 6.05. The molecule has 0 aromatic rings. The molecule has 3 saturated heterocycles. The summed E-state index contributed by atoms with van der Waals surface area (Å²) in [5, 5.41) is 6.90. The molecule has 0 radical (unpaired) electrons. The van der Waals surface area contributed by atoms with Crippen LogP contribution in [0.2, 0.25) is 0 Å². The van der Waals surface area contributed by atoms with Gasteiger partial charge >= 0.3 is 0 Å². The Balaban J connectivity index is 1.44. The highest BCUT2D eigenvalue weighted by atomic mass is 16.5. The Kier molecular flexibility index (Phi) is 1.65. The van der Waals surface area contributed by atoms with Crippen molar-refractivity contribution in [3.8, 4) is 0 Å². The summed E-state index contributed by atoms with van der Waals surface area (Å²) >= 11 is 0. The fourth-order valence-electron chi connectivity index (χ4n) is 3.97. The van der Waals surface area contributed by atoms with E-state index in [-0.39, 0.29) is 0 Å². The van der Waals surface area contributed by atoms with Gasteiger partial charge in [0.05, 0.1) is 12.7 Å². The van der Waals surface area contributed by atoms with E-state index in [0.29, 0.717) is 16.9 Å². The van der Waals surface area contributed by atoms with E-state index in [0.717, 1.165) is 12.5 Å². The highest BCUT2D eigenvalue weighted by Gasteiger charge is 2.61. The van der Waals surface area contributed by atoms with Gasteiger partial charge in [-0.25, -0.2) is 0 Å². The fourth-order valence-corrected chi connectivity index (χ4v) is 3.97. The Bertz CT molecular complexity index is 281. The minimum Gasteiger partial charge on any atom is -0.377 e. The quantitative estimate of drug-likeness (QED) is 0.653. The van der Waals surface area contributed by atoms with Gasteiger partial charge in [0.2, 0.25) is 0 Å². The summed E-state index contributed by atoms with van der Waals surface area (Å²) in [6.07, 6.45) is 4.73.